The number of anilines is 2. The number of hydrogen-bond acceptors (Lipinski definition) is 5. The second-order valence-electron chi connectivity index (χ2n) is 12.5. The van der Waals surface area contributed by atoms with Crippen molar-refractivity contribution in [2.75, 3.05) is 10.6 Å². The van der Waals surface area contributed by atoms with E-state index in [0.717, 1.165) is 22.3 Å². The fourth-order valence-corrected chi connectivity index (χ4v) is 6.52. The van der Waals surface area contributed by atoms with Crippen molar-refractivity contribution in [2.24, 2.45) is 11.8 Å². The van der Waals surface area contributed by atoms with Gasteiger partial charge in [0.1, 0.15) is 29.9 Å². The molecule has 7 nitrogen and oxygen atoms in total. The SMILES string of the molecule is Cc1cccc(NC(=O)C2C(=O)CC(C)(O)C(C(=O)Nc3cccc(C)c3C)C2c2ccc(OCc3c(F)cccc3Cl)cc2)c1C. The molecule has 0 aromatic heterocycles. The van der Waals surface area contributed by atoms with Crippen LogP contribution in [0, 0.1) is 45.3 Å². The first-order chi connectivity index (χ1) is 22.3. The lowest BCUT2D eigenvalue weighted by molar-refractivity contribution is -0.150. The fraction of sp³-hybridized carbons (Fsp3) is 0.289. The van der Waals surface area contributed by atoms with E-state index in [2.05, 4.69) is 10.6 Å². The molecule has 4 aromatic carbocycles. The molecule has 0 aliphatic heterocycles. The van der Waals surface area contributed by atoms with Gasteiger partial charge in [0, 0.05) is 29.3 Å². The van der Waals surface area contributed by atoms with Crippen molar-refractivity contribution in [2.45, 2.75) is 59.2 Å². The molecule has 244 valence electrons. The molecule has 4 unspecified atom stereocenters. The van der Waals surface area contributed by atoms with Crippen molar-refractivity contribution >= 4 is 40.6 Å². The standard InChI is InChI=1S/C38H38ClFN2O5/c1-21-9-6-13-30(23(21)3)41-36(44)34-32(43)19-38(5,46)35(37(45)42-31-14-7-10-22(2)24(31)4)33(34)25-15-17-26(18-16-25)47-20-27-28(39)11-8-12-29(27)40/h6-18,33-35,46H,19-20H2,1-5H3,(H,41,44)(H,42,45). The number of benzene rings is 4. The Kier molecular flexibility index (Phi) is 9.84. The average molecular weight is 657 g/mol. The maximum absolute atomic E-state index is 14.3. The van der Waals surface area contributed by atoms with Crippen LogP contribution in [0.15, 0.2) is 78.9 Å². The van der Waals surface area contributed by atoms with E-state index in [1.54, 1.807) is 42.5 Å². The zero-order chi connectivity index (χ0) is 34.0. The maximum Gasteiger partial charge on any atom is 0.235 e. The van der Waals surface area contributed by atoms with Crippen LogP contribution in [0.4, 0.5) is 15.8 Å². The molecule has 2 amide bonds. The third-order valence-corrected chi connectivity index (χ3v) is 9.62. The Morgan fingerprint density at radius 2 is 1.43 bits per heavy atom. The molecule has 1 saturated carbocycles. The van der Waals surface area contributed by atoms with Crippen molar-refractivity contribution in [1.82, 2.24) is 0 Å². The molecular formula is C38H38ClFN2O5. The Balaban J connectivity index is 1.53. The summed E-state index contributed by atoms with van der Waals surface area (Å²) in [5, 5.41) is 17.8. The monoisotopic (exact) mass is 656 g/mol. The number of hydrogen-bond donors (Lipinski definition) is 3. The predicted octanol–water partition coefficient (Wildman–Crippen LogP) is 7.61. The number of nitrogens with one attached hydrogen (secondary N) is 2. The molecule has 4 aromatic rings. The normalized spacial score (nSPS) is 20.9. The summed E-state index contributed by atoms with van der Waals surface area (Å²) in [5.74, 6) is -5.16. The quantitative estimate of drug-likeness (QED) is 0.169. The summed E-state index contributed by atoms with van der Waals surface area (Å²) in [6, 6.07) is 22.0. The number of ether oxygens (including phenoxy) is 1. The van der Waals surface area contributed by atoms with Crippen LogP contribution in [-0.2, 0) is 21.0 Å². The molecule has 0 heterocycles. The van der Waals surface area contributed by atoms with Crippen LogP contribution in [0.25, 0.3) is 0 Å². The van der Waals surface area contributed by atoms with Gasteiger partial charge < -0.3 is 20.5 Å². The van der Waals surface area contributed by atoms with Crippen LogP contribution in [0.3, 0.4) is 0 Å². The van der Waals surface area contributed by atoms with E-state index in [-0.39, 0.29) is 23.6 Å². The van der Waals surface area contributed by atoms with E-state index in [1.807, 2.05) is 52.0 Å². The summed E-state index contributed by atoms with van der Waals surface area (Å²) < 4.78 is 20.1. The molecule has 1 fully saturated rings. The van der Waals surface area contributed by atoms with Crippen molar-refractivity contribution in [3.05, 3.63) is 123 Å². The Labute approximate surface area is 279 Å². The van der Waals surface area contributed by atoms with Gasteiger partial charge in [0.15, 0.2) is 0 Å². The average Bonchev–Trinajstić information content (AvgIpc) is 3.01. The highest BCUT2D eigenvalue weighted by Crippen LogP contribution is 2.47. The Morgan fingerprint density at radius 1 is 0.872 bits per heavy atom. The summed E-state index contributed by atoms with van der Waals surface area (Å²) in [6.07, 6.45) is -0.385. The number of aliphatic hydroxyl groups is 1. The molecule has 0 saturated heterocycles. The molecule has 0 spiro atoms. The van der Waals surface area contributed by atoms with Crippen LogP contribution in [0.1, 0.15) is 52.6 Å². The highest BCUT2D eigenvalue weighted by Gasteiger charge is 2.56. The third kappa shape index (κ3) is 7.09. The van der Waals surface area contributed by atoms with Gasteiger partial charge in [-0.05, 0) is 98.8 Å². The van der Waals surface area contributed by atoms with Crippen LogP contribution in [0.5, 0.6) is 5.75 Å². The van der Waals surface area contributed by atoms with Gasteiger partial charge in [-0.1, -0.05) is 54.1 Å². The number of carbonyl (C=O) groups excluding carboxylic acids is 3. The number of amides is 2. The van der Waals surface area contributed by atoms with E-state index in [4.69, 9.17) is 16.3 Å². The molecule has 47 heavy (non-hydrogen) atoms. The first-order valence-corrected chi connectivity index (χ1v) is 15.8. The minimum absolute atomic E-state index is 0.122. The van der Waals surface area contributed by atoms with Crippen LogP contribution >= 0.6 is 11.6 Å². The summed E-state index contributed by atoms with van der Waals surface area (Å²) in [5.41, 5.74) is 3.72. The zero-order valence-electron chi connectivity index (χ0n) is 27.0. The third-order valence-electron chi connectivity index (χ3n) is 9.27. The second kappa shape index (κ2) is 13.7. The lowest BCUT2D eigenvalue weighted by atomic mass is 9.61. The summed E-state index contributed by atoms with van der Waals surface area (Å²) in [4.78, 5) is 42.0. The smallest absolute Gasteiger partial charge is 0.235 e. The van der Waals surface area contributed by atoms with Gasteiger partial charge in [0.2, 0.25) is 11.8 Å². The number of carbonyl (C=O) groups is 3. The summed E-state index contributed by atoms with van der Waals surface area (Å²) in [6.45, 7) is 8.96. The summed E-state index contributed by atoms with van der Waals surface area (Å²) in [7, 11) is 0. The molecular weight excluding hydrogens is 619 g/mol. The number of rotatable bonds is 8. The molecule has 0 radical (unpaired) electrons. The van der Waals surface area contributed by atoms with Gasteiger partial charge in [-0.25, -0.2) is 4.39 Å². The van der Waals surface area contributed by atoms with Crippen molar-refractivity contribution < 1.29 is 28.6 Å². The van der Waals surface area contributed by atoms with Crippen LogP contribution in [-0.4, -0.2) is 28.3 Å². The summed E-state index contributed by atoms with van der Waals surface area (Å²) >= 11 is 6.16. The molecule has 3 N–H and O–H groups in total. The first-order valence-electron chi connectivity index (χ1n) is 15.4. The topological polar surface area (TPSA) is 105 Å². The number of ketones is 1. The lowest BCUT2D eigenvalue weighted by Gasteiger charge is -2.44. The van der Waals surface area contributed by atoms with Gasteiger partial charge in [-0.15, -0.1) is 0 Å². The Bertz CT molecular complexity index is 1820. The van der Waals surface area contributed by atoms with Crippen LogP contribution < -0.4 is 15.4 Å². The fourth-order valence-electron chi connectivity index (χ4n) is 6.30. The van der Waals surface area contributed by atoms with Gasteiger partial charge in [0.05, 0.1) is 16.5 Å². The first kappa shape index (κ1) is 33.8. The zero-order valence-corrected chi connectivity index (χ0v) is 27.7. The van der Waals surface area contributed by atoms with Gasteiger partial charge >= 0.3 is 0 Å². The minimum Gasteiger partial charge on any atom is -0.489 e. The van der Waals surface area contributed by atoms with E-state index in [1.165, 1.54) is 19.1 Å². The number of aryl methyl sites for hydroxylation is 2. The molecule has 4 atom stereocenters. The van der Waals surface area contributed by atoms with E-state index < -0.39 is 46.8 Å². The second-order valence-corrected chi connectivity index (χ2v) is 12.9. The van der Waals surface area contributed by atoms with E-state index in [9.17, 15) is 23.9 Å². The van der Waals surface area contributed by atoms with Gasteiger partial charge in [-0.2, -0.15) is 0 Å². The van der Waals surface area contributed by atoms with Gasteiger partial charge in [0.25, 0.3) is 0 Å². The van der Waals surface area contributed by atoms with Crippen molar-refractivity contribution in [1.29, 1.82) is 0 Å². The molecule has 0 bridgehead atoms. The van der Waals surface area contributed by atoms with E-state index >= 15 is 0 Å². The molecule has 1 aliphatic rings. The van der Waals surface area contributed by atoms with Gasteiger partial charge in [-0.3, -0.25) is 14.4 Å². The number of Topliss-reactive ketones (excluding diaryl/α,β-unsaturated/α-hetero) is 1. The van der Waals surface area contributed by atoms with Crippen LogP contribution in [0.2, 0.25) is 5.02 Å². The van der Waals surface area contributed by atoms with E-state index in [0.29, 0.717) is 22.7 Å². The molecule has 9 heteroatoms. The lowest BCUT2D eigenvalue weighted by Crippen LogP contribution is -2.56. The number of halogens is 2. The highest BCUT2D eigenvalue weighted by molar-refractivity contribution is 6.31. The Hall–Kier alpha value is -4.53. The largest absolute Gasteiger partial charge is 0.489 e. The predicted molar refractivity (Wildman–Crippen MR) is 181 cm³/mol. The molecule has 5 rings (SSSR count). The highest BCUT2D eigenvalue weighted by atomic mass is 35.5. The van der Waals surface area contributed by atoms with Crippen molar-refractivity contribution in [3.8, 4) is 5.75 Å². The Morgan fingerprint density at radius 3 is 2.00 bits per heavy atom. The molecule has 1 aliphatic carbocycles. The van der Waals surface area contributed by atoms with Crippen molar-refractivity contribution in [3.63, 3.8) is 0 Å². The maximum atomic E-state index is 14.3. The minimum atomic E-state index is -1.77.